The third-order valence-electron chi connectivity index (χ3n) is 7.86. The topological polar surface area (TPSA) is 90.5 Å². The summed E-state index contributed by atoms with van der Waals surface area (Å²) in [6, 6.07) is 13.7. The summed E-state index contributed by atoms with van der Waals surface area (Å²) in [5.41, 5.74) is 5.89. The highest BCUT2D eigenvalue weighted by Crippen LogP contribution is 2.49. The number of halogens is 3. The van der Waals surface area contributed by atoms with E-state index in [9.17, 15) is 22.8 Å². The predicted octanol–water partition coefficient (Wildman–Crippen LogP) is 4.65. The number of alkyl halides is 3. The number of rotatable bonds is 6. The molecule has 194 valence electrons. The standard InChI is InChI=1S/C27H27F3N4O3/c1-16(24(31)35)26(13-3-14-26)17-4-6-18(7-5-17)33-15-12-21-22(25(33)36)34(32-23(21)27(28,29)30)19-8-10-20(37-2)11-9-19/h4-11,16H,3,12-15H2,1-2H3,(H2,31,35). The Balaban J connectivity index is 1.51. The van der Waals surface area contributed by atoms with Crippen LogP contribution in [0.4, 0.5) is 18.9 Å². The number of aromatic nitrogens is 2. The van der Waals surface area contributed by atoms with Gasteiger partial charge < -0.3 is 15.4 Å². The lowest BCUT2D eigenvalue weighted by Gasteiger charge is -2.46. The Kier molecular flexibility index (Phi) is 6.00. The molecule has 0 bridgehead atoms. The first-order valence-corrected chi connectivity index (χ1v) is 12.1. The van der Waals surface area contributed by atoms with Crippen LogP contribution in [0.15, 0.2) is 48.5 Å². The lowest BCUT2D eigenvalue weighted by Crippen LogP contribution is -2.46. The van der Waals surface area contributed by atoms with Crippen LogP contribution in [0.5, 0.6) is 5.75 Å². The van der Waals surface area contributed by atoms with Crippen molar-refractivity contribution in [1.82, 2.24) is 9.78 Å². The molecule has 1 aliphatic heterocycles. The van der Waals surface area contributed by atoms with Crippen molar-refractivity contribution < 1.29 is 27.5 Å². The maximum atomic E-state index is 13.8. The summed E-state index contributed by atoms with van der Waals surface area (Å²) in [6.45, 7) is 1.93. The fraction of sp³-hybridized carbons (Fsp3) is 0.370. The molecule has 10 heteroatoms. The van der Waals surface area contributed by atoms with E-state index in [0.29, 0.717) is 17.1 Å². The molecule has 1 saturated carbocycles. The molecule has 0 spiro atoms. The van der Waals surface area contributed by atoms with E-state index in [-0.39, 0.29) is 41.5 Å². The number of carbonyl (C=O) groups is 2. The van der Waals surface area contributed by atoms with Gasteiger partial charge in [-0.25, -0.2) is 4.68 Å². The second-order valence-electron chi connectivity index (χ2n) is 9.67. The van der Waals surface area contributed by atoms with Gasteiger partial charge in [0.15, 0.2) is 5.69 Å². The molecule has 0 saturated heterocycles. The molecular formula is C27H27F3N4O3. The van der Waals surface area contributed by atoms with Gasteiger partial charge in [-0.3, -0.25) is 9.59 Å². The number of amides is 2. The van der Waals surface area contributed by atoms with Crippen LogP contribution in [0.25, 0.3) is 5.69 Å². The molecule has 2 aliphatic rings. The van der Waals surface area contributed by atoms with Crippen LogP contribution in [0.2, 0.25) is 0 Å². The highest BCUT2D eigenvalue weighted by molar-refractivity contribution is 6.07. The number of methoxy groups -OCH3 is 1. The lowest BCUT2D eigenvalue weighted by atomic mass is 9.58. The van der Waals surface area contributed by atoms with Gasteiger partial charge in [0.05, 0.1) is 12.8 Å². The van der Waals surface area contributed by atoms with E-state index >= 15 is 0 Å². The second kappa shape index (κ2) is 8.93. The summed E-state index contributed by atoms with van der Waals surface area (Å²) >= 11 is 0. The number of benzene rings is 2. The molecule has 1 unspecified atom stereocenters. The first kappa shape index (κ1) is 24.9. The molecule has 2 amide bonds. The van der Waals surface area contributed by atoms with E-state index in [1.165, 1.54) is 12.0 Å². The summed E-state index contributed by atoms with van der Waals surface area (Å²) in [6.07, 6.45) is -1.98. The van der Waals surface area contributed by atoms with Crippen molar-refractivity contribution in [2.75, 3.05) is 18.6 Å². The van der Waals surface area contributed by atoms with Crippen molar-refractivity contribution in [3.05, 3.63) is 71.0 Å². The maximum Gasteiger partial charge on any atom is 0.435 e. The van der Waals surface area contributed by atoms with E-state index in [1.807, 2.05) is 19.1 Å². The number of anilines is 1. The minimum Gasteiger partial charge on any atom is -0.497 e. The van der Waals surface area contributed by atoms with Gasteiger partial charge in [0.25, 0.3) is 5.91 Å². The van der Waals surface area contributed by atoms with Gasteiger partial charge in [0.1, 0.15) is 11.4 Å². The largest absolute Gasteiger partial charge is 0.497 e. The monoisotopic (exact) mass is 512 g/mol. The number of nitrogens with two attached hydrogens (primary N) is 1. The number of fused-ring (bicyclic) bond motifs is 1. The number of hydrogen-bond donors (Lipinski definition) is 1. The Labute approximate surface area is 212 Å². The van der Waals surface area contributed by atoms with Gasteiger partial charge in [-0.05, 0) is 61.2 Å². The summed E-state index contributed by atoms with van der Waals surface area (Å²) < 4.78 is 47.7. The zero-order chi connectivity index (χ0) is 26.5. The van der Waals surface area contributed by atoms with E-state index in [2.05, 4.69) is 5.10 Å². The van der Waals surface area contributed by atoms with Crippen molar-refractivity contribution in [3.8, 4) is 11.4 Å². The molecule has 1 aromatic heterocycles. The average molecular weight is 513 g/mol. The Bertz CT molecular complexity index is 1340. The molecule has 0 radical (unpaired) electrons. The fourth-order valence-electron chi connectivity index (χ4n) is 5.52. The van der Waals surface area contributed by atoms with Crippen molar-refractivity contribution in [3.63, 3.8) is 0 Å². The third kappa shape index (κ3) is 4.04. The van der Waals surface area contributed by atoms with Crippen LogP contribution in [0.1, 0.15) is 53.5 Å². The van der Waals surface area contributed by atoms with Gasteiger partial charge in [0, 0.05) is 29.1 Å². The van der Waals surface area contributed by atoms with Gasteiger partial charge in [-0.15, -0.1) is 0 Å². The van der Waals surface area contributed by atoms with Crippen LogP contribution in [0, 0.1) is 5.92 Å². The van der Waals surface area contributed by atoms with E-state index in [0.717, 1.165) is 29.5 Å². The van der Waals surface area contributed by atoms with E-state index in [1.54, 1.807) is 36.4 Å². The van der Waals surface area contributed by atoms with Gasteiger partial charge in [-0.1, -0.05) is 25.5 Å². The lowest BCUT2D eigenvalue weighted by molar-refractivity contribution is -0.142. The van der Waals surface area contributed by atoms with Gasteiger partial charge in [-0.2, -0.15) is 18.3 Å². The summed E-state index contributed by atoms with van der Waals surface area (Å²) in [4.78, 5) is 27.0. The second-order valence-corrected chi connectivity index (χ2v) is 9.67. The van der Waals surface area contributed by atoms with Crippen molar-refractivity contribution in [2.45, 2.75) is 44.2 Å². The number of carbonyl (C=O) groups excluding carboxylic acids is 2. The van der Waals surface area contributed by atoms with Gasteiger partial charge >= 0.3 is 6.18 Å². The van der Waals surface area contributed by atoms with E-state index in [4.69, 9.17) is 10.5 Å². The zero-order valence-electron chi connectivity index (χ0n) is 20.5. The van der Waals surface area contributed by atoms with E-state index < -0.39 is 17.8 Å². The molecule has 2 aromatic carbocycles. The summed E-state index contributed by atoms with van der Waals surface area (Å²) in [7, 11) is 1.49. The van der Waals surface area contributed by atoms with Crippen LogP contribution >= 0.6 is 0 Å². The van der Waals surface area contributed by atoms with Crippen LogP contribution in [-0.4, -0.2) is 35.2 Å². The normalized spacial score (nSPS) is 17.6. The quantitative estimate of drug-likeness (QED) is 0.521. The molecular weight excluding hydrogens is 485 g/mol. The predicted molar refractivity (Wildman–Crippen MR) is 131 cm³/mol. The summed E-state index contributed by atoms with van der Waals surface area (Å²) in [5, 5.41) is 3.83. The molecule has 5 rings (SSSR count). The minimum atomic E-state index is -4.69. The Morgan fingerprint density at radius 3 is 2.22 bits per heavy atom. The zero-order valence-corrected chi connectivity index (χ0v) is 20.5. The highest BCUT2D eigenvalue weighted by Gasteiger charge is 2.46. The minimum absolute atomic E-state index is 0.0104. The first-order valence-electron chi connectivity index (χ1n) is 12.1. The number of primary amides is 1. The number of nitrogens with zero attached hydrogens (tertiary/aromatic N) is 3. The number of ether oxygens (including phenoxy) is 1. The molecule has 37 heavy (non-hydrogen) atoms. The van der Waals surface area contributed by atoms with Crippen molar-refractivity contribution in [2.24, 2.45) is 11.7 Å². The van der Waals surface area contributed by atoms with Crippen LogP contribution in [-0.2, 0) is 22.8 Å². The van der Waals surface area contributed by atoms with Gasteiger partial charge in [0.2, 0.25) is 5.91 Å². The third-order valence-corrected chi connectivity index (χ3v) is 7.86. The Morgan fingerprint density at radius 1 is 1.08 bits per heavy atom. The Hall–Kier alpha value is -3.82. The number of hydrogen-bond acceptors (Lipinski definition) is 4. The molecule has 1 atom stereocenters. The average Bonchev–Trinajstić information content (AvgIpc) is 3.25. The smallest absolute Gasteiger partial charge is 0.435 e. The molecule has 1 fully saturated rings. The molecule has 2 heterocycles. The summed E-state index contributed by atoms with van der Waals surface area (Å²) in [5.74, 6) is -0.707. The fourth-order valence-corrected chi connectivity index (χ4v) is 5.52. The molecule has 3 aromatic rings. The SMILES string of the molecule is COc1ccc(-n2nc(C(F)(F)F)c3c2C(=O)N(c2ccc(C4(C(C)C(N)=O)CCC4)cc2)CC3)cc1. The van der Waals surface area contributed by atoms with Crippen LogP contribution in [0.3, 0.4) is 0 Å². The first-order chi connectivity index (χ1) is 17.6. The molecule has 7 nitrogen and oxygen atoms in total. The Morgan fingerprint density at radius 2 is 1.70 bits per heavy atom. The van der Waals surface area contributed by atoms with Crippen LogP contribution < -0.4 is 15.4 Å². The highest BCUT2D eigenvalue weighted by atomic mass is 19.4. The maximum absolute atomic E-state index is 13.8. The van der Waals surface area contributed by atoms with Crippen molar-refractivity contribution >= 4 is 17.5 Å². The van der Waals surface area contributed by atoms with Crippen molar-refractivity contribution in [1.29, 1.82) is 0 Å². The molecule has 1 aliphatic carbocycles. The molecule has 2 N–H and O–H groups in total.